The molecule has 7 heteroatoms. The van der Waals surface area contributed by atoms with Crippen LogP contribution in [0.3, 0.4) is 0 Å². The molecule has 0 aliphatic rings. The van der Waals surface area contributed by atoms with Gasteiger partial charge in [-0.3, -0.25) is 9.79 Å². The molecule has 1 amide bonds. The van der Waals surface area contributed by atoms with Gasteiger partial charge in [-0.05, 0) is 13.8 Å². The van der Waals surface area contributed by atoms with E-state index in [-0.39, 0.29) is 5.91 Å². The van der Waals surface area contributed by atoms with E-state index in [0.29, 0.717) is 30.5 Å². The van der Waals surface area contributed by atoms with Crippen LogP contribution in [0.15, 0.2) is 10.5 Å². The van der Waals surface area contributed by atoms with Crippen molar-refractivity contribution in [1.29, 1.82) is 0 Å². The first-order valence-corrected chi connectivity index (χ1v) is 7.21. The summed E-state index contributed by atoms with van der Waals surface area (Å²) in [6.45, 7) is 5.89. The summed E-state index contributed by atoms with van der Waals surface area (Å²) >= 11 is 1.34. The lowest BCUT2D eigenvalue weighted by atomic mass is 10.4. The van der Waals surface area contributed by atoms with E-state index in [9.17, 15) is 4.79 Å². The van der Waals surface area contributed by atoms with E-state index in [0.717, 1.165) is 12.2 Å². The van der Waals surface area contributed by atoms with Crippen LogP contribution in [-0.2, 0) is 0 Å². The second-order valence-electron chi connectivity index (χ2n) is 3.84. The molecule has 6 nitrogen and oxygen atoms in total. The van der Waals surface area contributed by atoms with E-state index in [1.165, 1.54) is 11.3 Å². The Hall–Kier alpha value is -2.07. The van der Waals surface area contributed by atoms with Crippen molar-refractivity contribution in [3.05, 3.63) is 16.1 Å². The molecule has 3 N–H and O–H groups in total. The third kappa shape index (κ3) is 5.28. The zero-order valence-corrected chi connectivity index (χ0v) is 12.5. The largest absolute Gasteiger partial charge is 0.357 e. The Morgan fingerprint density at radius 2 is 2.30 bits per heavy atom. The van der Waals surface area contributed by atoms with Gasteiger partial charge in [0.15, 0.2) is 5.96 Å². The lowest BCUT2D eigenvalue weighted by Gasteiger charge is -2.09. The van der Waals surface area contributed by atoms with Gasteiger partial charge in [0.25, 0.3) is 5.91 Å². The minimum absolute atomic E-state index is 0.109. The lowest BCUT2D eigenvalue weighted by molar-refractivity contribution is 0.0958. The standard InChI is InChI=1S/C13H19N5OS/c1-4-6-16-13(14-5-2)17-8-7-15-12(19)11-10(3)18-9-20-11/h1,9H,5-8H2,2-3H3,(H,15,19)(H2,14,16,17). The summed E-state index contributed by atoms with van der Waals surface area (Å²) in [6.07, 6.45) is 5.18. The predicted molar refractivity (Wildman–Crippen MR) is 82.0 cm³/mol. The number of aliphatic imine (C=N–C) groups is 1. The monoisotopic (exact) mass is 293 g/mol. The number of hydrogen-bond acceptors (Lipinski definition) is 4. The van der Waals surface area contributed by atoms with Gasteiger partial charge in [-0.15, -0.1) is 17.8 Å². The summed E-state index contributed by atoms with van der Waals surface area (Å²) in [4.78, 5) is 20.8. The van der Waals surface area contributed by atoms with Gasteiger partial charge in [0.1, 0.15) is 4.88 Å². The SMILES string of the molecule is C#CCNC(=NCCNC(=O)c1scnc1C)NCC. The summed E-state index contributed by atoms with van der Waals surface area (Å²) in [7, 11) is 0. The number of amides is 1. The zero-order valence-electron chi connectivity index (χ0n) is 11.7. The molecule has 0 saturated heterocycles. The molecular formula is C13H19N5OS. The average Bonchev–Trinajstić information content (AvgIpc) is 2.86. The maximum Gasteiger partial charge on any atom is 0.263 e. The van der Waals surface area contributed by atoms with Crippen LogP contribution >= 0.6 is 11.3 Å². The van der Waals surface area contributed by atoms with E-state index in [1.807, 2.05) is 13.8 Å². The van der Waals surface area contributed by atoms with Crippen LogP contribution < -0.4 is 16.0 Å². The van der Waals surface area contributed by atoms with Crippen molar-refractivity contribution in [3.63, 3.8) is 0 Å². The highest BCUT2D eigenvalue weighted by Gasteiger charge is 2.10. The van der Waals surface area contributed by atoms with Gasteiger partial charge in [-0.1, -0.05) is 5.92 Å². The fourth-order valence-electron chi connectivity index (χ4n) is 1.41. The number of nitrogens with one attached hydrogen (secondary N) is 3. The number of aryl methyl sites for hydroxylation is 1. The molecule has 0 fully saturated rings. The quantitative estimate of drug-likeness (QED) is 0.306. The molecule has 1 aromatic rings. The van der Waals surface area contributed by atoms with Crippen LogP contribution in [-0.4, -0.2) is 43.0 Å². The highest BCUT2D eigenvalue weighted by molar-refractivity contribution is 7.11. The van der Waals surface area contributed by atoms with Crippen LogP contribution in [0.25, 0.3) is 0 Å². The molecule has 0 unspecified atom stereocenters. The second kappa shape index (κ2) is 8.93. The Kier molecular flexibility index (Phi) is 7.14. The van der Waals surface area contributed by atoms with Crippen molar-refractivity contribution in [1.82, 2.24) is 20.9 Å². The summed E-state index contributed by atoms with van der Waals surface area (Å²) in [5.74, 6) is 3.02. The van der Waals surface area contributed by atoms with E-state index >= 15 is 0 Å². The Bertz CT molecular complexity index is 503. The highest BCUT2D eigenvalue weighted by atomic mass is 32.1. The molecule has 0 radical (unpaired) electrons. The van der Waals surface area contributed by atoms with Gasteiger partial charge in [-0.25, -0.2) is 4.98 Å². The molecular weight excluding hydrogens is 274 g/mol. The first kappa shape index (κ1) is 16.0. The highest BCUT2D eigenvalue weighted by Crippen LogP contribution is 2.11. The number of thiazole rings is 1. The van der Waals surface area contributed by atoms with Gasteiger partial charge < -0.3 is 16.0 Å². The summed E-state index contributed by atoms with van der Waals surface area (Å²) < 4.78 is 0. The number of guanidine groups is 1. The van der Waals surface area contributed by atoms with E-state index in [4.69, 9.17) is 6.42 Å². The molecule has 0 aliphatic heterocycles. The van der Waals surface area contributed by atoms with Crippen molar-refractivity contribution in [2.45, 2.75) is 13.8 Å². The number of hydrogen-bond donors (Lipinski definition) is 3. The number of terminal acetylenes is 1. The molecule has 1 rings (SSSR count). The molecule has 0 bridgehead atoms. The fraction of sp³-hybridized carbons (Fsp3) is 0.462. The average molecular weight is 293 g/mol. The number of nitrogens with zero attached hydrogens (tertiary/aromatic N) is 2. The Labute approximate surface area is 123 Å². The van der Waals surface area contributed by atoms with E-state index in [2.05, 4.69) is 31.8 Å². The van der Waals surface area contributed by atoms with E-state index < -0.39 is 0 Å². The number of carbonyl (C=O) groups is 1. The van der Waals surface area contributed by atoms with Gasteiger partial charge in [0.2, 0.25) is 0 Å². The molecule has 0 saturated carbocycles. The van der Waals surface area contributed by atoms with Crippen molar-refractivity contribution in [3.8, 4) is 12.3 Å². The van der Waals surface area contributed by atoms with Gasteiger partial charge in [0.05, 0.1) is 24.3 Å². The van der Waals surface area contributed by atoms with Gasteiger partial charge >= 0.3 is 0 Å². The molecule has 0 spiro atoms. The first-order valence-electron chi connectivity index (χ1n) is 6.33. The summed E-state index contributed by atoms with van der Waals surface area (Å²) in [5, 5.41) is 8.85. The van der Waals surface area contributed by atoms with Crippen molar-refractivity contribution in [2.75, 3.05) is 26.2 Å². The maximum absolute atomic E-state index is 11.8. The van der Waals surface area contributed by atoms with Crippen LogP contribution in [0.4, 0.5) is 0 Å². The molecule has 0 aliphatic carbocycles. The minimum Gasteiger partial charge on any atom is -0.357 e. The number of carbonyl (C=O) groups excluding carboxylic acids is 1. The lowest BCUT2D eigenvalue weighted by Crippen LogP contribution is -2.38. The Morgan fingerprint density at radius 3 is 2.90 bits per heavy atom. The molecule has 0 atom stereocenters. The molecule has 1 heterocycles. The van der Waals surface area contributed by atoms with Gasteiger partial charge in [-0.2, -0.15) is 0 Å². The maximum atomic E-state index is 11.8. The smallest absolute Gasteiger partial charge is 0.263 e. The molecule has 1 aromatic heterocycles. The Balaban J connectivity index is 2.37. The van der Waals surface area contributed by atoms with Crippen LogP contribution in [0.2, 0.25) is 0 Å². The van der Waals surface area contributed by atoms with Crippen molar-refractivity contribution < 1.29 is 4.79 Å². The predicted octanol–water partition coefficient (Wildman–Crippen LogP) is 0.370. The fourth-order valence-corrected chi connectivity index (χ4v) is 2.13. The third-order valence-corrected chi connectivity index (χ3v) is 3.25. The van der Waals surface area contributed by atoms with Crippen molar-refractivity contribution in [2.24, 2.45) is 4.99 Å². The Morgan fingerprint density at radius 1 is 1.50 bits per heavy atom. The first-order chi connectivity index (χ1) is 9.69. The van der Waals surface area contributed by atoms with Crippen LogP contribution in [0, 0.1) is 19.3 Å². The minimum atomic E-state index is -0.109. The molecule has 0 aromatic carbocycles. The molecule has 108 valence electrons. The topological polar surface area (TPSA) is 78.4 Å². The number of aromatic nitrogens is 1. The van der Waals surface area contributed by atoms with Crippen LogP contribution in [0.5, 0.6) is 0 Å². The summed E-state index contributed by atoms with van der Waals surface area (Å²) in [5.41, 5.74) is 2.41. The third-order valence-electron chi connectivity index (χ3n) is 2.32. The normalized spacial score (nSPS) is 10.8. The number of rotatable bonds is 6. The van der Waals surface area contributed by atoms with E-state index in [1.54, 1.807) is 5.51 Å². The zero-order chi connectivity index (χ0) is 14.8. The van der Waals surface area contributed by atoms with Crippen molar-refractivity contribution >= 4 is 23.2 Å². The summed E-state index contributed by atoms with van der Waals surface area (Å²) in [6, 6.07) is 0. The van der Waals surface area contributed by atoms with Crippen LogP contribution in [0.1, 0.15) is 22.3 Å². The van der Waals surface area contributed by atoms with Gasteiger partial charge in [0, 0.05) is 13.1 Å². The second-order valence-corrected chi connectivity index (χ2v) is 4.70. The molecule has 20 heavy (non-hydrogen) atoms.